The molecule has 2 fully saturated rings. The first-order chi connectivity index (χ1) is 18.4. The Hall–Kier alpha value is -4.12. The molecule has 1 aromatic heterocycles. The first kappa shape index (κ1) is 26.5. The van der Waals surface area contributed by atoms with Gasteiger partial charge in [-0.15, -0.1) is 11.8 Å². The van der Waals surface area contributed by atoms with Crippen molar-refractivity contribution in [1.29, 1.82) is 0 Å². The van der Waals surface area contributed by atoms with Crippen LogP contribution in [0.5, 0.6) is 0 Å². The number of nitrogens with zero attached hydrogens (tertiary/aromatic N) is 1. The highest BCUT2D eigenvalue weighted by Gasteiger charge is 2.64. The Morgan fingerprint density at radius 1 is 1.10 bits per heavy atom. The second kappa shape index (κ2) is 9.57. The largest absolute Gasteiger partial charge is 0.480 e. The standard InChI is InChI=1S/C28H27N3O7S/c1-13-10-14(2)18-17(11-13)38-12-16(21(18)32)23(33)29-19(15-8-6-5-7-9-15)24(34)30-20-25(35)31-22(27(36)37)28(3,4)39-26(20)31/h5-12,19-20,22,26H,1-4H3,(H,29,33)(H,30,34)(H,36,37)/t19?,20-,22+,26-/m1/s1. The fourth-order valence-corrected chi connectivity index (χ4v) is 6.94. The van der Waals surface area contributed by atoms with Gasteiger partial charge in [-0.1, -0.05) is 36.4 Å². The Balaban J connectivity index is 1.41. The number of benzene rings is 2. The van der Waals surface area contributed by atoms with Crippen LogP contribution < -0.4 is 16.1 Å². The molecule has 0 bridgehead atoms. The number of fused-ring (bicyclic) bond motifs is 2. The summed E-state index contributed by atoms with van der Waals surface area (Å²) in [7, 11) is 0. The molecule has 2 aliphatic rings. The van der Waals surface area contributed by atoms with Crippen molar-refractivity contribution in [2.24, 2.45) is 0 Å². The van der Waals surface area contributed by atoms with Crippen molar-refractivity contribution in [3.8, 4) is 0 Å². The number of carboxylic acid groups (broad SMARTS) is 1. The average Bonchev–Trinajstić information content (AvgIpc) is 3.13. The Morgan fingerprint density at radius 2 is 1.79 bits per heavy atom. The number of thioether (sulfide) groups is 1. The van der Waals surface area contributed by atoms with Crippen molar-refractivity contribution in [2.45, 2.75) is 55.9 Å². The molecule has 2 saturated heterocycles. The van der Waals surface area contributed by atoms with Crippen LogP contribution in [0.4, 0.5) is 0 Å². The van der Waals surface area contributed by atoms with E-state index in [-0.39, 0.29) is 10.9 Å². The molecular formula is C28H27N3O7S. The lowest BCUT2D eigenvalue weighted by molar-refractivity contribution is -0.161. The molecule has 3 amide bonds. The third-order valence-electron chi connectivity index (χ3n) is 7.11. The van der Waals surface area contributed by atoms with E-state index in [9.17, 15) is 29.1 Å². The van der Waals surface area contributed by atoms with Crippen molar-refractivity contribution < 1.29 is 28.7 Å². The van der Waals surface area contributed by atoms with Gasteiger partial charge >= 0.3 is 5.97 Å². The zero-order valence-corrected chi connectivity index (χ0v) is 22.5. The minimum atomic E-state index is -1.23. The molecule has 10 nitrogen and oxygen atoms in total. The number of aliphatic carboxylic acids is 1. The Morgan fingerprint density at radius 3 is 2.46 bits per heavy atom. The number of carbonyl (C=O) groups excluding carboxylic acids is 3. The van der Waals surface area contributed by atoms with E-state index in [4.69, 9.17) is 4.42 Å². The number of β-lactam (4-membered cyclic amide) rings is 1. The van der Waals surface area contributed by atoms with Crippen molar-refractivity contribution in [2.75, 3.05) is 0 Å². The van der Waals surface area contributed by atoms with E-state index in [2.05, 4.69) is 10.6 Å². The lowest BCUT2D eigenvalue weighted by atomic mass is 9.95. The number of rotatable bonds is 6. The predicted octanol–water partition coefficient (Wildman–Crippen LogP) is 2.51. The molecule has 11 heteroatoms. The molecule has 0 radical (unpaired) electrons. The molecular weight excluding hydrogens is 522 g/mol. The molecule has 3 heterocycles. The maximum absolute atomic E-state index is 13.5. The monoisotopic (exact) mass is 549 g/mol. The van der Waals surface area contributed by atoms with Crippen molar-refractivity contribution in [1.82, 2.24) is 15.5 Å². The van der Waals surface area contributed by atoms with Crippen LogP contribution in [0.25, 0.3) is 11.0 Å². The van der Waals surface area contributed by atoms with E-state index in [0.717, 1.165) is 11.8 Å². The maximum Gasteiger partial charge on any atom is 0.327 e. The number of hydrogen-bond donors (Lipinski definition) is 3. The number of aryl methyl sites for hydroxylation is 2. The summed E-state index contributed by atoms with van der Waals surface area (Å²) in [6, 6.07) is 8.75. The molecule has 4 atom stereocenters. The van der Waals surface area contributed by atoms with Gasteiger partial charge in [0.25, 0.3) is 5.91 Å². The number of carboxylic acids is 1. The van der Waals surface area contributed by atoms with Crippen LogP contribution in [-0.4, -0.2) is 55.9 Å². The van der Waals surface area contributed by atoms with Crippen LogP contribution in [0.2, 0.25) is 0 Å². The first-order valence-electron chi connectivity index (χ1n) is 12.3. The molecule has 2 aromatic carbocycles. The summed E-state index contributed by atoms with van der Waals surface area (Å²) in [4.78, 5) is 66.0. The fraction of sp³-hybridized carbons (Fsp3) is 0.321. The SMILES string of the molecule is Cc1cc(C)c2c(=O)c(C(=O)NC(C(=O)N[C@@H]3C(=O)N4[C@@H]3SC(C)(C)[C@@H]4C(=O)O)c3ccccc3)coc2c1. The topological polar surface area (TPSA) is 146 Å². The summed E-state index contributed by atoms with van der Waals surface area (Å²) >= 11 is 1.30. The highest BCUT2D eigenvalue weighted by molar-refractivity contribution is 8.01. The molecule has 5 rings (SSSR count). The fourth-order valence-electron chi connectivity index (χ4n) is 5.32. The zero-order valence-electron chi connectivity index (χ0n) is 21.7. The molecule has 0 saturated carbocycles. The van der Waals surface area contributed by atoms with Gasteiger partial charge in [-0.25, -0.2) is 4.79 Å². The van der Waals surface area contributed by atoms with Crippen LogP contribution >= 0.6 is 11.8 Å². The van der Waals surface area contributed by atoms with E-state index in [1.165, 1.54) is 16.7 Å². The molecule has 0 aliphatic carbocycles. The van der Waals surface area contributed by atoms with Gasteiger partial charge in [0.05, 0.1) is 5.39 Å². The third-order valence-corrected chi connectivity index (χ3v) is 8.68. The summed E-state index contributed by atoms with van der Waals surface area (Å²) in [6.07, 6.45) is 1.08. The Labute approximate surface area is 227 Å². The lowest BCUT2D eigenvalue weighted by Gasteiger charge is -2.44. The summed E-state index contributed by atoms with van der Waals surface area (Å²) in [5, 5.41) is 14.7. The number of amides is 3. The quantitative estimate of drug-likeness (QED) is 0.398. The molecule has 39 heavy (non-hydrogen) atoms. The molecule has 2 aliphatic heterocycles. The summed E-state index contributed by atoms with van der Waals surface area (Å²) in [6.45, 7) is 7.11. The number of hydrogen-bond acceptors (Lipinski definition) is 7. The van der Waals surface area contributed by atoms with E-state index in [0.29, 0.717) is 16.7 Å². The molecule has 0 spiro atoms. The summed E-state index contributed by atoms with van der Waals surface area (Å²) in [5.74, 6) is -3.08. The van der Waals surface area contributed by atoms with Crippen LogP contribution in [0.15, 0.2) is 57.9 Å². The van der Waals surface area contributed by atoms with Gasteiger partial charge in [0.1, 0.15) is 40.9 Å². The lowest BCUT2D eigenvalue weighted by Crippen LogP contribution is -2.71. The number of nitrogens with one attached hydrogen (secondary N) is 2. The van der Waals surface area contributed by atoms with E-state index >= 15 is 0 Å². The van der Waals surface area contributed by atoms with Crippen molar-refractivity contribution >= 4 is 46.4 Å². The highest BCUT2D eigenvalue weighted by atomic mass is 32.2. The first-order valence-corrected chi connectivity index (χ1v) is 13.2. The van der Waals surface area contributed by atoms with Gasteiger partial charge in [-0.05, 0) is 50.5 Å². The second-order valence-corrected chi connectivity index (χ2v) is 12.1. The highest BCUT2D eigenvalue weighted by Crippen LogP contribution is 2.50. The third kappa shape index (κ3) is 4.46. The smallest absolute Gasteiger partial charge is 0.327 e. The maximum atomic E-state index is 13.5. The van der Waals surface area contributed by atoms with E-state index in [1.807, 2.05) is 13.0 Å². The van der Waals surface area contributed by atoms with Crippen molar-refractivity contribution in [3.05, 3.63) is 81.2 Å². The van der Waals surface area contributed by atoms with Crippen LogP contribution in [0.1, 0.15) is 46.9 Å². The van der Waals surface area contributed by atoms with Crippen LogP contribution in [-0.2, 0) is 14.4 Å². The molecule has 3 N–H and O–H groups in total. The summed E-state index contributed by atoms with van der Waals surface area (Å²) in [5.41, 5.74) is 1.58. The van der Waals surface area contributed by atoms with Crippen molar-refractivity contribution in [3.63, 3.8) is 0 Å². The molecule has 1 unspecified atom stereocenters. The minimum Gasteiger partial charge on any atom is -0.480 e. The minimum absolute atomic E-state index is 0.258. The Bertz CT molecular complexity index is 1580. The van der Waals surface area contributed by atoms with Gasteiger partial charge in [0, 0.05) is 4.75 Å². The van der Waals surface area contributed by atoms with Gasteiger partial charge in [0.15, 0.2) is 0 Å². The van der Waals surface area contributed by atoms with E-state index in [1.54, 1.807) is 57.2 Å². The van der Waals surface area contributed by atoms with Crippen LogP contribution in [0, 0.1) is 13.8 Å². The predicted molar refractivity (Wildman–Crippen MR) is 144 cm³/mol. The number of carbonyl (C=O) groups is 4. The second-order valence-electron chi connectivity index (χ2n) is 10.3. The van der Waals surface area contributed by atoms with Gasteiger partial charge in [-0.2, -0.15) is 0 Å². The van der Waals surface area contributed by atoms with E-state index < -0.39 is 57.4 Å². The van der Waals surface area contributed by atoms with Gasteiger partial charge in [0.2, 0.25) is 17.2 Å². The molecule has 3 aromatic rings. The molecule has 202 valence electrons. The summed E-state index contributed by atoms with van der Waals surface area (Å²) < 4.78 is 4.84. The zero-order chi connectivity index (χ0) is 28.2. The van der Waals surface area contributed by atoms with Gasteiger partial charge < -0.3 is 25.1 Å². The van der Waals surface area contributed by atoms with Crippen LogP contribution in [0.3, 0.4) is 0 Å². The Kier molecular flexibility index (Phi) is 6.50. The normalized spacial score (nSPS) is 22.1. The van der Waals surface area contributed by atoms with Gasteiger partial charge in [-0.3, -0.25) is 19.2 Å². The average molecular weight is 550 g/mol.